The van der Waals surface area contributed by atoms with Crippen molar-refractivity contribution in [2.45, 2.75) is 32.6 Å². The van der Waals surface area contributed by atoms with Gasteiger partial charge in [-0.25, -0.2) is 0 Å². The lowest BCUT2D eigenvalue weighted by Gasteiger charge is -2.22. The Kier molecular flexibility index (Phi) is 11.3. The van der Waals surface area contributed by atoms with Crippen molar-refractivity contribution in [3.05, 3.63) is 47.8 Å². The Morgan fingerprint density at radius 3 is 2.61 bits per heavy atom. The SMILES string of the molecule is CNC(=O)c1cc(Oc2cc(NC(=O)CCC3CCNCC3)ccc2C)ccn1.Cl.Cl. The largest absolute Gasteiger partial charge is 0.457 e. The van der Waals surface area contributed by atoms with Crippen LogP contribution in [-0.2, 0) is 4.79 Å². The number of anilines is 1. The second-order valence-corrected chi connectivity index (χ2v) is 7.32. The van der Waals surface area contributed by atoms with E-state index in [1.165, 1.54) is 6.20 Å². The summed E-state index contributed by atoms with van der Waals surface area (Å²) in [6.45, 7) is 4.02. The molecule has 31 heavy (non-hydrogen) atoms. The summed E-state index contributed by atoms with van der Waals surface area (Å²) in [5, 5.41) is 8.85. The van der Waals surface area contributed by atoms with Crippen LogP contribution < -0.4 is 20.7 Å². The van der Waals surface area contributed by atoms with Gasteiger partial charge < -0.3 is 20.7 Å². The molecule has 7 nitrogen and oxygen atoms in total. The number of ether oxygens (including phenoxy) is 1. The average Bonchev–Trinajstić information content (AvgIpc) is 2.75. The van der Waals surface area contributed by atoms with Crippen molar-refractivity contribution in [3.8, 4) is 11.5 Å². The fourth-order valence-electron chi connectivity index (χ4n) is 3.37. The molecule has 3 rings (SSSR count). The van der Waals surface area contributed by atoms with E-state index in [0.29, 0.717) is 29.5 Å². The van der Waals surface area contributed by atoms with E-state index >= 15 is 0 Å². The summed E-state index contributed by atoms with van der Waals surface area (Å²) < 4.78 is 5.94. The molecule has 1 fully saturated rings. The summed E-state index contributed by atoms with van der Waals surface area (Å²) in [6, 6.07) is 8.85. The number of hydrogen-bond donors (Lipinski definition) is 3. The summed E-state index contributed by atoms with van der Waals surface area (Å²) in [5.74, 6) is 1.50. The average molecular weight is 469 g/mol. The maximum atomic E-state index is 12.3. The van der Waals surface area contributed by atoms with Crippen molar-refractivity contribution in [1.29, 1.82) is 0 Å². The van der Waals surface area contributed by atoms with E-state index in [2.05, 4.69) is 20.9 Å². The van der Waals surface area contributed by atoms with Gasteiger partial charge in [0.1, 0.15) is 17.2 Å². The lowest BCUT2D eigenvalue weighted by molar-refractivity contribution is -0.116. The zero-order chi connectivity index (χ0) is 20.6. The third kappa shape index (κ3) is 8.01. The number of benzene rings is 1. The van der Waals surface area contributed by atoms with E-state index in [1.54, 1.807) is 25.2 Å². The van der Waals surface area contributed by atoms with Crippen LogP contribution in [-0.4, -0.2) is 36.9 Å². The van der Waals surface area contributed by atoms with Crippen molar-refractivity contribution in [2.75, 3.05) is 25.5 Å². The van der Waals surface area contributed by atoms with Crippen LogP contribution in [0.4, 0.5) is 5.69 Å². The van der Waals surface area contributed by atoms with Crippen molar-refractivity contribution >= 4 is 42.3 Å². The smallest absolute Gasteiger partial charge is 0.269 e. The van der Waals surface area contributed by atoms with Crippen LogP contribution in [0.1, 0.15) is 41.7 Å². The number of nitrogens with zero attached hydrogens (tertiary/aromatic N) is 1. The molecule has 0 unspecified atom stereocenters. The molecule has 0 saturated carbocycles. The summed E-state index contributed by atoms with van der Waals surface area (Å²) in [6.07, 6.45) is 5.25. The molecule has 1 aromatic heterocycles. The zero-order valence-electron chi connectivity index (χ0n) is 17.8. The van der Waals surface area contributed by atoms with Crippen LogP contribution in [0.15, 0.2) is 36.5 Å². The quantitative estimate of drug-likeness (QED) is 0.568. The molecule has 1 saturated heterocycles. The van der Waals surface area contributed by atoms with Crippen LogP contribution in [0.3, 0.4) is 0 Å². The van der Waals surface area contributed by atoms with Crippen LogP contribution >= 0.6 is 24.8 Å². The molecular formula is C22H30Cl2N4O3. The highest BCUT2D eigenvalue weighted by molar-refractivity contribution is 5.92. The van der Waals surface area contributed by atoms with E-state index in [1.807, 2.05) is 19.1 Å². The first kappa shape index (κ1) is 26.7. The summed E-state index contributed by atoms with van der Waals surface area (Å²) >= 11 is 0. The molecule has 0 spiro atoms. The lowest BCUT2D eigenvalue weighted by Crippen LogP contribution is -2.28. The van der Waals surface area contributed by atoms with Gasteiger partial charge in [0.25, 0.3) is 5.91 Å². The van der Waals surface area contributed by atoms with Gasteiger partial charge in [-0.05, 0) is 62.9 Å². The summed E-state index contributed by atoms with van der Waals surface area (Å²) in [7, 11) is 1.55. The van der Waals surface area contributed by atoms with Gasteiger partial charge in [0.05, 0.1) is 0 Å². The van der Waals surface area contributed by atoms with Crippen molar-refractivity contribution < 1.29 is 14.3 Å². The minimum atomic E-state index is -0.276. The van der Waals surface area contributed by atoms with Gasteiger partial charge in [-0.15, -0.1) is 24.8 Å². The molecule has 1 aliphatic heterocycles. The standard InChI is InChI=1S/C22H28N4O3.2ClH/c1-15-3-5-17(26-21(27)6-4-16-7-10-24-11-8-16)13-20(15)29-18-9-12-25-19(14-18)22(28)23-2;;/h3,5,9,12-14,16,24H,4,6-8,10-11H2,1-2H3,(H,23,28)(H,26,27);2*1H. The van der Waals surface area contributed by atoms with Gasteiger partial charge in [0.2, 0.25) is 5.91 Å². The Labute approximate surface area is 195 Å². The monoisotopic (exact) mass is 468 g/mol. The van der Waals surface area contributed by atoms with Crippen molar-refractivity contribution in [3.63, 3.8) is 0 Å². The van der Waals surface area contributed by atoms with Gasteiger partial charge in [-0.3, -0.25) is 14.6 Å². The molecule has 0 aliphatic carbocycles. The van der Waals surface area contributed by atoms with Gasteiger partial charge in [0, 0.05) is 37.5 Å². The predicted molar refractivity (Wildman–Crippen MR) is 127 cm³/mol. The lowest BCUT2D eigenvalue weighted by atomic mass is 9.93. The Balaban J connectivity index is 0.00000240. The fourth-order valence-corrected chi connectivity index (χ4v) is 3.37. The topological polar surface area (TPSA) is 92.4 Å². The highest BCUT2D eigenvalue weighted by Crippen LogP contribution is 2.28. The fraction of sp³-hybridized carbons (Fsp3) is 0.409. The third-order valence-electron chi connectivity index (χ3n) is 5.13. The molecule has 2 heterocycles. The highest BCUT2D eigenvalue weighted by Gasteiger charge is 2.15. The Bertz CT molecular complexity index is 874. The number of nitrogens with one attached hydrogen (secondary N) is 3. The maximum absolute atomic E-state index is 12.3. The molecule has 9 heteroatoms. The van der Waals surface area contributed by atoms with E-state index in [0.717, 1.165) is 37.9 Å². The van der Waals surface area contributed by atoms with Gasteiger partial charge in [0.15, 0.2) is 0 Å². The van der Waals surface area contributed by atoms with E-state index in [-0.39, 0.29) is 42.3 Å². The molecule has 0 atom stereocenters. The number of pyridine rings is 1. The minimum absolute atomic E-state index is 0. The molecule has 170 valence electrons. The number of piperidine rings is 1. The Morgan fingerprint density at radius 1 is 1.16 bits per heavy atom. The molecule has 0 bridgehead atoms. The molecule has 1 aromatic carbocycles. The minimum Gasteiger partial charge on any atom is -0.457 e. The molecule has 2 amide bonds. The molecule has 1 aliphatic rings. The number of rotatable bonds is 7. The Morgan fingerprint density at radius 2 is 1.90 bits per heavy atom. The van der Waals surface area contributed by atoms with Gasteiger partial charge in [-0.1, -0.05) is 6.07 Å². The number of aryl methyl sites for hydroxylation is 1. The first-order valence-corrected chi connectivity index (χ1v) is 10.0. The number of amides is 2. The van der Waals surface area contributed by atoms with E-state index in [4.69, 9.17) is 4.74 Å². The first-order valence-electron chi connectivity index (χ1n) is 10.0. The molecule has 2 aromatic rings. The molecular weight excluding hydrogens is 439 g/mol. The third-order valence-corrected chi connectivity index (χ3v) is 5.13. The van der Waals surface area contributed by atoms with E-state index < -0.39 is 0 Å². The molecule has 0 radical (unpaired) electrons. The van der Waals surface area contributed by atoms with Crippen molar-refractivity contribution in [1.82, 2.24) is 15.6 Å². The molecule has 3 N–H and O–H groups in total. The van der Waals surface area contributed by atoms with Crippen molar-refractivity contribution in [2.24, 2.45) is 5.92 Å². The second kappa shape index (κ2) is 13.1. The highest BCUT2D eigenvalue weighted by atomic mass is 35.5. The number of aromatic nitrogens is 1. The van der Waals surface area contributed by atoms with Crippen LogP contribution in [0, 0.1) is 12.8 Å². The predicted octanol–water partition coefficient (Wildman–Crippen LogP) is 4.10. The maximum Gasteiger partial charge on any atom is 0.269 e. The number of carbonyl (C=O) groups is 2. The van der Waals surface area contributed by atoms with Crippen LogP contribution in [0.25, 0.3) is 0 Å². The first-order chi connectivity index (χ1) is 14.0. The van der Waals surface area contributed by atoms with E-state index in [9.17, 15) is 9.59 Å². The number of hydrogen-bond acceptors (Lipinski definition) is 5. The van der Waals surface area contributed by atoms with Crippen LogP contribution in [0.5, 0.6) is 11.5 Å². The normalized spacial score (nSPS) is 13.4. The zero-order valence-corrected chi connectivity index (χ0v) is 19.4. The summed E-state index contributed by atoms with van der Waals surface area (Å²) in [5.41, 5.74) is 1.91. The Hall–Kier alpha value is -2.35. The van der Waals surface area contributed by atoms with Gasteiger partial charge in [-0.2, -0.15) is 0 Å². The van der Waals surface area contributed by atoms with Crippen LogP contribution in [0.2, 0.25) is 0 Å². The number of carbonyl (C=O) groups excluding carboxylic acids is 2. The summed E-state index contributed by atoms with van der Waals surface area (Å²) in [4.78, 5) is 28.1. The second-order valence-electron chi connectivity index (χ2n) is 7.32. The van der Waals surface area contributed by atoms with Gasteiger partial charge >= 0.3 is 0 Å². The number of halogens is 2.